The first kappa shape index (κ1) is 17.1. The van der Waals surface area contributed by atoms with E-state index in [0.29, 0.717) is 24.8 Å². The van der Waals surface area contributed by atoms with Gasteiger partial charge in [-0.15, -0.1) is 0 Å². The molecule has 1 fully saturated rings. The van der Waals surface area contributed by atoms with Gasteiger partial charge in [-0.2, -0.15) is 0 Å². The van der Waals surface area contributed by atoms with Gasteiger partial charge in [-0.1, -0.05) is 17.7 Å². The van der Waals surface area contributed by atoms with Gasteiger partial charge in [-0.25, -0.2) is 4.79 Å². The van der Waals surface area contributed by atoms with E-state index in [-0.39, 0.29) is 18.7 Å². The minimum Gasteiger partial charge on any atom is -0.444 e. The van der Waals surface area contributed by atoms with Crippen LogP contribution in [-0.4, -0.2) is 41.5 Å². The third kappa shape index (κ3) is 4.12. The van der Waals surface area contributed by atoms with Gasteiger partial charge in [0.15, 0.2) is 0 Å². The Morgan fingerprint density at radius 3 is 2.86 bits per heavy atom. The maximum atomic E-state index is 12.4. The molecule has 0 radical (unpaired) electrons. The molecule has 1 saturated heterocycles. The Bertz CT molecular complexity index is 541. The smallest absolute Gasteiger partial charge is 0.410 e. The number of morpholine rings is 1. The summed E-state index contributed by atoms with van der Waals surface area (Å²) in [6.07, 6.45) is -0.385. The molecule has 122 valence electrons. The molecule has 0 aliphatic carbocycles. The molecule has 1 aromatic rings. The average Bonchev–Trinajstić information content (AvgIpc) is 2.45. The topological polar surface area (TPSA) is 59.0 Å². The maximum Gasteiger partial charge on any atom is 0.410 e. The van der Waals surface area contributed by atoms with Crippen LogP contribution in [0.2, 0.25) is 5.02 Å². The summed E-state index contributed by atoms with van der Waals surface area (Å²) in [5.41, 5.74) is 0.961. The molecular formula is C16H22ClNO4. The summed E-state index contributed by atoms with van der Waals surface area (Å²) in [6, 6.07) is 4.94. The van der Waals surface area contributed by atoms with Crippen molar-refractivity contribution in [1.82, 2.24) is 4.90 Å². The molecule has 1 unspecified atom stereocenters. The van der Waals surface area contributed by atoms with Gasteiger partial charge in [0.25, 0.3) is 0 Å². The number of nitrogens with zero attached hydrogens (tertiary/aromatic N) is 1. The predicted molar refractivity (Wildman–Crippen MR) is 83.9 cm³/mol. The van der Waals surface area contributed by atoms with E-state index in [1.54, 1.807) is 23.1 Å². The van der Waals surface area contributed by atoms with E-state index >= 15 is 0 Å². The Labute approximate surface area is 135 Å². The molecule has 1 amide bonds. The predicted octanol–water partition coefficient (Wildman–Crippen LogP) is 3.14. The second-order valence-electron chi connectivity index (χ2n) is 6.27. The van der Waals surface area contributed by atoms with Gasteiger partial charge < -0.3 is 14.6 Å². The van der Waals surface area contributed by atoms with E-state index in [2.05, 4.69) is 0 Å². The van der Waals surface area contributed by atoms with E-state index in [0.717, 1.165) is 11.1 Å². The second-order valence-corrected chi connectivity index (χ2v) is 6.70. The maximum absolute atomic E-state index is 12.4. The molecule has 1 N–H and O–H groups in total. The van der Waals surface area contributed by atoms with Gasteiger partial charge >= 0.3 is 6.09 Å². The van der Waals surface area contributed by atoms with Crippen LogP contribution in [0.5, 0.6) is 0 Å². The largest absolute Gasteiger partial charge is 0.444 e. The number of benzene rings is 1. The summed E-state index contributed by atoms with van der Waals surface area (Å²) in [5, 5.41) is 10.1. The van der Waals surface area contributed by atoms with Crippen molar-refractivity contribution in [2.75, 3.05) is 19.8 Å². The van der Waals surface area contributed by atoms with Crippen molar-refractivity contribution < 1.29 is 19.4 Å². The van der Waals surface area contributed by atoms with Crippen LogP contribution in [0.25, 0.3) is 0 Å². The zero-order valence-corrected chi connectivity index (χ0v) is 13.9. The van der Waals surface area contributed by atoms with E-state index < -0.39 is 5.60 Å². The Morgan fingerprint density at radius 2 is 2.23 bits per heavy atom. The van der Waals surface area contributed by atoms with Crippen molar-refractivity contribution in [1.29, 1.82) is 0 Å². The highest BCUT2D eigenvalue weighted by Gasteiger charge is 2.33. The van der Waals surface area contributed by atoms with Crippen LogP contribution in [0.15, 0.2) is 18.2 Å². The highest BCUT2D eigenvalue weighted by molar-refractivity contribution is 6.30. The lowest BCUT2D eigenvalue weighted by atomic mass is 9.99. The number of hydrogen-bond acceptors (Lipinski definition) is 4. The number of carbonyl (C=O) groups excluding carboxylic acids is 1. The minimum absolute atomic E-state index is 0.120. The summed E-state index contributed by atoms with van der Waals surface area (Å²) in [7, 11) is 0. The third-order valence-electron chi connectivity index (χ3n) is 3.39. The Hall–Kier alpha value is -1.30. The first-order valence-electron chi connectivity index (χ1n) is 7.28. The minimum atomic E-state index is -0.561. The highest BCUT2D eigenvalue weighted by Crippen LogP contribution is 2.30. The van der Waals surface area contributed by atoms with Gasteiger partial charge in [0.2, 0.25) is 0 Å². The third-order valence-corrected chi connectivity index (χ3v) is 3.63. The number of aliphatic hydroxyl groups excluding tert-OH is 1. The summed E-state index contributed by atoms with van der Waals surface area (Å²) >= 11 is 6.07. The molecule has 1 atom stereocenters. The highest BCUT2D eigenvalue weighted by atomic mass is 35.5. The van der Waals surface area contributed by atoms with Crippen molar-refractivity contribution in [2.24, 2.45) is 0 Å². The Balaban J connectivity index is 2.30. The number of hydrogen-bond donors (Lipinski definition) is 1. The van der Waals surface area contributed by atoms with Gasteiger partial charge in [0.05, 0.1) is 25.9 Å². The summed E-state index contributed by atoms with van der Waals surface area (Å²) in [5.74, 6) is 0. The van der Waals surface area contributed by atoms with Gasteiger partial charge in [-0.05, 0) is 44.0 Å². The fraction of sp³-hybridized carbons (Fsp3) is 0.562. The average molecular weight is 328 g/mol. The number of halogens is 1. The van der Waals surface area contributed by atoms with Crippen LogP contribution in [-0.2, 0) is 16.1 Å². The van der Waals surface area contributed by atoms with Crippen LogP contribution in [0.3, 0.4) is 0 Å². The molecule has 5 nitrogen and oxygen atoms in total. The van der Waals surface area contributed by atoms with E-state index in [1.165, 1.54) is 0 Å². The lowest BCUT2D eigenvalue weighted by Crippen LogP contribution is -2.46. The lowest BCUT2D eigenvalue weighted by Gasteiger charge is -2.37. The second kappa shape index (κ2) is 6.86. The SMILES string of the molecule is CC(C)(C)OC(=O)N1CCOCC1c1cc(Cl)ccc1CO. The van der Waals surface area contributed by atoms with Crippen LogP contribution < -0.4 is 0 Å². The molecule has 0 spiro atoms. The Kier molecular flexibility index (Phi) is 5.32. The molecule has 0 aromatic heterocycles. The van der Waals surface area contributed by atoms with Crippen LogP contribution in [0.1, 0.15) is 37.9 Å². The van der Waals surface area contributed by atoms with E-state index in [9.17, 15) is 9.90 Å². The molecule has 0 saturated carbocycles. The molecule has 6 heteroatoms. The fourth-order valence-corrected chi connectivity index (χ4v) is 2.60. The Morgan fingerprint density at radius 1 is 1.50 bits per heavy atom. The first-order valence-corrected chi connectivity index (χ1v) is 7.66. The molecule has 1 aliphatic heterocycles. The van der Waals surface area contributed by atoms with Crippen LogP contribution in [0, 0.1) is 0 Å². The normalized spacial score (nSPS) is 19.1. The molecular weight excluding hydrogens is 306 g/mol. The van der Waals surface area contributed by atoms with Crippen molar-refractivity contribution in [3.63, 3.8) is 0 Å². The molecule has 2 rings (SSSR count). The lowest BCUT2D eigenvalue weighted by molar-refractivity contribution is -0.0334. The summed E-state index contributed by atoms with van der Waals surface area (Å²) in [6.45, 7) is 6.64. The van der Waals surface area contributed by atoms with Crippen molar-refractivity contribution in [2.45, 2.75) is 39.0 Å². The molecule has 22 heavy (non-hydrogen) atoms. The standard InChI is InChI=1S/C16H22ClNO4/c1-16(2,3)22-15(20)18-6-7-21-10-14(18)13-8-12(17)5-4-11(13)9-19/h4-5,8,14,19H,6-7,9-10H2,1-3H3. The summed E-state index contributed by atoms with van der Waals surface area (Å²) in [4.78, 5) is 14.1. The number of ether oxygens (including phenoxy) is 2. The van der Waals surface area contributed by atoms with Gasteiger partial charge in [0.1, 0.15) is 5.60 Å². The molecule has 1 aliphatic rings. The van der Waals surface area contributed by atoms with Crippen molar-refractivity contribution in [3.05, 3.63) is 34.3 Å². The van der Waals surface area contributed by atoms with Crippen LogP contribution >= 0.6 is 11.6 Å². The van der Waals surface area contributed by atoms with E-state index in [4.69, 9.17) is 21.1 Å². The molecule has 1 heterocycles. The zero-order chi connectivity index (χ0) is 16.3. The van der Waals surface area contributed by atoms with Crippen molar-refractivity contribution in [3.8, 4) is 0 Å². The first-order chi connectivity index (χ1) is 10.3. The molecule has 1 aromatic carbocycles. The molecule has 0 bridgehead atoms. The van der Waals surface area contributed by atoms with Gasteiger partial charge in [-0.3, -0.25) is 4.90 Å². The van der Waals surface area contributed by atoms with E-state index in [1.807, 2.05) is 20.8 Å². The fourth-order valence-electron chi connectivity index (χ4n) is 2.42. The zero-order valence-electron chi connectivity index (χ0n) is 13.1. The monoisotopic (exact) mass is 327 g/mol. The number of amides is 1. The number of aliphatic hydroxyl groups is 1. The van der Waals surface area contributed by atoms with Gasteiger partial charge in [0, 0.05) is 11.6 Å². The summed E-state index contributed by atoms with van der Waals surface area (Å²) < 4.78 is 11.0. The van der Waals surface area contributed by atoms with Crippen LogP contribution in [0.4, 0.5) is 4.79 Å². The van der Waals surface area contributed by atoms with Crippen molar-refractivity contribution >= 4 is 17.7 Å². The quantitative estimate of drug-likeness (QED) is 0.906. The number of carbonyl (C=O) groups is 1. The number of rotatable bonds is 2.